The van der Waals surface area contributed by atoms with E-state index in [1.807, 2.05) is 57.2 Å². The van der Waals surface area contributed by atoms with Crippen LogP contribution in [0.15, 0.2) is 87.3 Å². The maximum Gasteiger partial charge on any atom is 1.00 e. The topological polar surface area (TPSA) is 112 Å². The molecule has 0 amide bonds. The number of unbranched alkanes of at least 4 members (excludes halogenated alkanes) is 2. The van der Waals surface area contributed by atoms with Crippen LogP contribution >= 0.6 is 0 Å². The minimum Gasteiger partial charge on any atom is -0.857 e. The van der Waals surface area contributed by atoms with E-state index >= 15 is 0 Å². The molecule has 0 saturated heterocycles. The zero-order valence-electron chi connectivity index (χ0n) is 34.5. The predicted octanol–water partition coefficient (Wildman–Crippen LogP) is 6.54. The molecule has 8 nitrogen and oxygen atoms in total. The van der Waals surface area contributed by atoms with Crippen LogP contribution in [0.5, 0.6) is 0 Å². The summed E-state index contributed by atoms with van der Waals surface area (Å²) in [6.45, 7) is 25.0. The number of aromatic nitrogens is 2. The van der Waals surface area contributed by atoms with Gasteiger partial charge in [0.1, 0.15) is 5.82 Å². The molecule has 0 spiro atoms. The number of aliphatic imine (C=N–C) groups is 1. The quantitative estimate of drug-likeness (QED) is 0.0375. The molecule has 0 fully saturated rings. The van der Waals surface area contributed by atoms with Crippen LogP contribution in [-0.4, -0.2) is 47.1 Å². The van der Waals surface area contributed by atoms with Gasteiger partial charge in [-0.2, -0.15) is 7.11 Å². The van der Waals surface area contributed by atoms with Crippen LogP contribution in [0, 0.1) is 5.92 Å². The van der Waals surface area contributed by atoms with Crippen molar-refractivity contribution in [1.29, 1.82) is 0 Å². The van der Waals surface area contributed by atoms with Gasteiger partial charge >= 0.3 is 51.4 Å². The Balaban J connectivity index is 0.00000522. The molecular weight excluding hydrogens is 688 g/mol. The first kappa shape index (κ1) is 50.5. The Morgan fingerprint density at radius 2 is 1.83 bits per heavy atom. The van der Waals surface area contributed by atoms with Gasteiger partial charge in [-0.25, -0.2) is 9.98 Å². The van der Waals surface area contributed by atoms with Crippen molar-refractivity contribution in [2.24, 2.45) is 16.1 Å². The van der Waals surface area contributed by atoms with E-state index in [2.05, 4.69) is 70.2 Å². The Kier molecular flexibility index (Phi) is 27.5. The first-order valence-corrected chi connectivity index (χ1v) is 19.1. The third-order valence-corrected chi connectivity index (χ3v) is 9.01. The molecule has 2 unspecified atom stereocenters. The summed E-state index contributed by atoms with van der Waals surface area (Å²) >= 11 is 0. The molecule has 9 heteroatoms. The van der Waals surface area contributed by atoms with E-state index in [-0.39, 0.29) is 74.8 Å². The zero-order chi connectivity index (χ0) is 39.1. The average molecular weight is 753 g/mol. The number of hydrogen-bond donors (Lipinski definition) is 1. The van der Waals surface area contributed by atoms with Gasteiger partial charge in [-0.05, 0) is 81.0 Å². The first-order chi connectivity index (χ1) is 25.2. The van der Waals surface area contributed by atoms with Crippen LogP contribution in [0.25, 0.3) is 11.3 Å². The van der Waals surface area contributed by atoms with Crippen LogP contribution < -0.4 is 62.1 Å². The molecule has 2 aromatic rings. The summed E-state index contributed by atoms with van der Waals surface area (Å²) in [7, 11) is 0.750. The van der Waals surface area contributed by atoms with Gasteiger partial charge < -0.3 is 15.1 Å². The van der Waals surface area contributed by atoms with E-state index in [4.69, 9.17) is 14.8 Å². The van der Waals surface area contributed by atoms with E-state index in [1.54, 1.807) is 10.6 Å². The van der Waals surface area contributed by atoms with Crippen LogP contribution in [0.2, 0.25) is 0 Å². The summed E-state index contributed by atoms with van der Waals surface area (Å²) in [5.41, 5.74) is 7.41. The Morgan fingerprint density at radius 1 is 1.13 bits per heavy atom. The minimum absolute atomic E-state index is 0. The van der Waals surface area contributed by atoms with Gasteiger partial charge in [0.05, 0.1) is 18.4 Å². The number of rotatable bonds is 17. The van der Waals surface area contributed by atoms with E-state index in [0.29, 0.717) is 25.1 Å². The van der Waals surface area contributed by atoms with E-state index in [9.17, 15) is 10.0 Å². The maximum atomic E-state index is 14.4. The number of oxime groups is 1. The van der Waals surface area contributed by atoms with Crippen LogP contribution in [-0.2, 0) is 24.0 Å². The van der Waals surface area contributed by atoms with Crippen LogP contribution in [0.1, 0.15) is 129 Å². The fourth-order valence-corrected chi connectivity index (χ4v) is 6.16. The van der Waals surface area contributed by atoms with Crippen molar-refractivity contribution < 1.29 is 66.4 Å². The normalized spacial score (nSPS) is 15.3. The van der Waals surface area contributed by atoms with E-state index < -0.39 is 0 Å². The fraction of sp³-hybridized carbons (Fsp3) is 0.500. The van der Waals surface area contributed by atoms with Crippen molar-refractivity contribution in [3.05, 3.63) is 111 Å². The number of aryl methyl sites for hydroxylation is 2. The van der Waals surface area contributed by atoms with Crippen LogP contribution in [0.3, 0.4) is 0 Å². The smallest absolute Gasteiger partial charge is 0.857 e. The van der Waals surface area contributed by atoms with Crippen molar-refractivity contribution in [3.63, 3.8) is 0 Å². The molecule has 0 radical (unpaired) electrons. The maximum absolute atomic E-state index is 14.4. The Hall–Kier alpha value is -2.50. The van der Waals surface area contributed by atoms with Gasteiger partial charge in [-0.15, -0.1) is 0 Å². The van der Waals surface area contributed by atoms with Crippen molar-refractivity contribution in [2.75, 3.05) is 13.7 Å². The minimum atomic E-state index is -0.0306. The molecule has 286 valence electrons. The molecule has 1 N–H and O–H groups in total. The molecule has 1 aliphatic rings. The van der Waals surface area contributed by atoms with Gasteiger partial charge in [-0.3, -0.25) is 9.36 Å². The number of hydrogen-bond acceptors (Lipinski definition) is 6. The van der Waals surface area contributed by atoms with Gasteiger partial charge in [0.2, 0.25) is 0 Å². The first-order valence-electron chi connectivity index (χ1n) is 19.1. The number of benzene rings is 1. The van der Waals surface area contributed by atoms with Gasteiger partial charge in [0.25, 0.3) is 5.56 Å². The van der Waals surface area contributed by atoms with E-state index in [1.165, 1.54) is 24.8 Å². The van der Waals surface area contributed by atoms with Crippen molar-refractivity contribution in [2.45, 2.75) is 126 Å². The second kappa shape index (κ2) is 28.9. The summed E-state index contributed by atoms with van der Waals surface area (Å²) in [5.74, 6) is 1.18. The van der Waals surface area contributed by atoms with Gasteiger partial charge in [0, 0.05) is 29.7 Å². The van der Waals surface area contributed by atoms with Crippen molar-refractivity contribution >= 4 is 23.8 Å². The van der Waals surface area contributed by atoms with Gasteiger partial charge in [-0.1, -0.05) is 127 Å². The molecule has 1 aromatic heterocycles. The standard InChI is InChI=1S/C41H56N4O3.C2H6.CH3O.K/c1-9-13-14-18-31(7)48-28-29(5)21-25-33(11-3)45-39(12-4)43-38(17-10-2)37(41(45)46)27-32-23-22-30(6)34(26-24-32)35-19-15-16-20-36(35)40(42-8)44-47;2*1-2;/h11,15-16,19-21,24-26,30-31,47H,3,8-10,12-14,17-18,22-23,27-28H2,1-2,4-7H3;1-2H3;1H3;/q;;-1;+1/b29-21+,33-25+,44-40-;;;. The number of amidine groups is 1. The summed E-state index contributed by atoms with van der Waals surface area (Å²) in [6.07, 6.45) is 19.5. The summed E-state index contributed by atoms with van der Waals surface area (Å²) in [6, 6.07) is 7.80. The van der Waals surface area contributed by atoms with E-state index in [0.717, 1.165) is 78.6 Å². The third kappa shape index (κ3) is 15.6. The molecule has 0 bridgehead atoms. The Bertz CT molecular complexity index is 1630. The molecule has 1 aromatic carbocycles. The fourth-order valence-electron chi connectivity index (χ4n) is 6.16. The monoisotopic (exact) mass is 752 g/mol. The van der Waals surface area contributed by atoms with Crippen molar-refractivity contribution in [1.82, 2.24) is 9.55 Å². The molecule has 0 aliphatic heterocycles. The molecule has 1 heterocycles. The molecule has 1 aliphatic carbocycles. The summed E-state index contributed by atoms with van der Waals surface area (Å²) < 4.78 is 7.83. The largest absolute Gasteiger partial charge is 1.00 e. The number of ether oxygens (including phenoxy) is 1. The Morgan fingerprint density at radius 3 is 2.43 bits per heavy atom. The van der Waals surface area contributed by atoms with Crippen LogP contribution in [0.4, 0.5) is 0 Å². The molecule has 53 heavy (non-hydrogen) atoms. The summed E-state index contributed by atoms with van der Waals surface area (Å²) in [4.78, 5) is 23.4. The molecule has 3 rings (SSSR count). The predicted molar refractivity (Wildman–Crippen MR) is 219 cm³/mol. The summed E-state index contributed by atoms with van der Waals surface area (Å²) in [5, 5.41) is 21.2. The van der Waals surface area contributed by atoms with Crippen molar-refractivity contribution in [3.8, 4) is 0 Å². The average Bonchev–Trinajstić information content (AvgIpc) is 3.36. The second-order valence-corrected chi connectivity index (χ2v) is 12.8. The molecular formula is C44H65KN4O4. The SMILES string of the molecule is C=C/C(=C\C=C(/C)COC(C)CCCCC)n1c(CC)nc(CCC)c(CC2=CC=C(c3ccccc3/C(N=C)=N/O)C(C)CC2)c1=O.CC.C[O-].[K+]. The molecule has 0 saturated carbocycles. The number of nitrogens with zero attached hydrogens (tertiary/aromatic N) is 4. The zero-order valence-corrected chi connectivity index (χ0v) is 37.6. The number of allylic oxidation sites excluding steroid dienone is 8. The second-order valence-electron chi connectivity index (χ2n) is 12.8. The molecule has 2 atom stereocenters. The van der Waals surface area contributed by atoms with Gasteiger partial charge in [0.15, 0.2) is 5.84 Å². The Labute approximate surface area is 363 Å². The third-order valence-electron chi connectivity index (χ3n) is 9.01.